The normalized spacial score (nSPS) is 16.2. The summed E-state index contributed by atoms with van der Waals surface area (Å²) in [5.41, 5.74) is 2.37. The summed E-state index contributed by atoms with van der Waals surface area (Å²) in [6, 6.07) is 12.1. The standard InChI is InChI=1S/C25H26F2N2O5S2/c1-2-36(32,33)20-9-7-17(8-10-20)21(13-30)28-23(31)19-5-3-18(4-6-19)22-15-35-24(29-22)34-14-16-11-25(26,27)12-16/h3-10,15-16,21,30H,2,11-14H2,1H3,(H,28,31). The van der Waals surface area contributed by atoms with Crippen LogP contribution in [0.25, 0.3) is 11.3 Å². The molecule has 36 heavy (non-hydrogen) atoms. The quantitative estimate of drug-likeness (QED) is 0.396. The third-order valence-electron chi connectivity index (χ3n) is 6.05. The maximum Gasteiger partial charge on any atom is 0.273 e. The molecule has 2 N–H and O–H groups in total. The molecular formula is C25H26F2N2O5S2. The summed E-state index contributed by atoms with van der Waals surface area (Å²) in [5, 5.41) is 14.7. The molecule has 1 amide bonds. The summed E-state index contributed by atoms with van der Waals surface area (Å²) < 4.78 is 55.4. The number of aliphatic hydroxyl groups is 1. The lowest BCUT2D eigenvalue weighted by Crippen LogP contribution is -2.38. The first-order chi connectivity index (χ1) is 17.1. The smallest absolute Gasteiger partial charge is 0.273 e. The Balaban J connectivity index is 1.35. The summed E-state index contributed by atoms with van der Waals surface area (Å²) in [5.74, 6) is -3.14. The highest BCUT2D eigenvalue weighted by atomic mass is 32.2. The van der Waals surface area contributed by atoms with Crippen molar-refractivity contribution in [1.29, 1.82) is 0 Å². The van der Waals surface area contributed by atoms with Crippen molar-refractivity contribution < 1.29 is 31.8 Å². The van der Waals surface area contributed by atoms with Crippen LogP contribution < -0.4 is 10.1 Å². The fourth-order valence-corrected chi connectivity index (χ4v) is 5.46. The number of rotatable bonds is 10. The van der Waals surface area contributed by atoms with Gasteiger partial charge in [-0.1, -0.05) is 42.5 Å². The number of aliphatic hydroxyl groups excluding tert-OH is 1. The number of amides is 1. The lowest BCUT2D eigenvalue weighted by atomic mass is 9.82. The van der Waals surface area contributed by atoms with Crippen LogP contribution in [0.15, 0.2) is 58.8 Å². The van der Waals surface area contributed by atoms with E-state index in [1.54, 1.807) is 48.7 Å². The summed E-state index contributed by atoms with van der Waals surface area (Å²) in [6.45, 7) is 1.42. The molecule has 7 nitrogen and oxygen atoms in total. The first kappa shape index (κ1) is 26.2. The van der Waals surface area contributed by atoms with Gasteiger partial charge in [0.15, 0.2) is 9.84 Å². The van der Waals surface area contributed by atoms with Gasteiger partial charge in [0, 0.05) is 35.3 Å². The number of hydrogen-bond donors (Lipinski definition) is 2. The molecule has 1 aromatic heterocycles. The van der Waals surface area contributed by atoms with Crippen molar-refractivity contribution in [1.82, 2.24) is 10.3 Å². The van der Waals surface area contributed by atoms with Gasteiger partial charge in [0.25, 0.3) is 11.1 Å². The molecule has 192 valence electrons. The zero-order valence-corrected chi connectivity index (χ0v) is 21.1. The molecule has 1 heterocycles. The first-order valence-electron chi connectivity index (χ1n) is 11.4. The third-order valence-corrected chi connectivity index (χ3v) is 8.55. The summed E-state index contributed by atoms with van der Waals surface area (Å²) in [6.07, 6.45) is -0.310. The van der Waals surface area contributed by atoms with Crippen LogP contribution in [0.4, 0.5) is 8.78 Å². The summed E-state index contributed by atoms with van der Waals surface area (Å²) >= 11 is 1.28. The number of nitrogens with zero attached hydrogens (tertiary/aromatic N) is 1. The number of carbonyl (C=O) groups excluding carboxylic acids is 1. The molecule has 0 saturated heterocycles. The fraction of sp³-hybridized carbons (Fsp3) is 0.360. The Kier molecular flexibility index (Phi) is 7.72. The highest BCUT2D eigenvalue weighted by Gasteiger charge is 2.45. The molecule has 1 saturated carbocycles. The second kappa shape index (κ2) is 10.6. The Labute approximate surface area is 212 Å². The molecule has 1 fully saturated rings. The number of halogens is 2. The van der Waals surface area contributed by atoms with Crippen molar-refractivity contribution in [3.8, 4) is 16.5 Å². The van der Waals surface area contributed by atoms with E-state index < -0.39 is 27.7 Å². The Hall–Kier alpha value is -2.89. The van der Waals surface area contributed by atoms with Gasteiger partial charge >= 0.3 is 0 Å². The molecule has 1 unspecified atom stereocenters. The molecule has 1 aliphatic rings. The molecule has 0 aliphatic heterocycles. The van der Waals surface area contributed by atoms with Crippen LogP contribution in [0.1, 0.15) is 41.7 Å². The number of sulfone groups is 1. The van der Waals surface area contributed by atoms with E-state index in [0.717, 1.165) is 5.56 Å². The van der Waals surface area contributed by atoms with Crippen molar-refractivity contribution in [2.45, 2.75) is 36.6 Å². The van der Waals surface area contributed by atoms with Crippen molar-refractivity contribution in [2.75, 3.05) is 19.0 Å². The molecule has 1 aliphatic carbocycles. The van der Waals surface area contributed by atoms with Gasteiger partial charge in [0.1, 0.15) is 0 Å². The molecule has 2 aromatic carbocycles. The molecule has 4 rings (SSSR count). The lowest BCUT2D eigenvalue weighted by molar-refractivity contribution is -0.119. The maximum absolute atomic E-state index is 12.9. The molecule has 0 spiro atoms. The molecular weight excluding hydrogens is 510 g/mol. The molecule has 3 aromatic rings. The SMILES string of the molecule is CCS(=O)(=O)c1ccc(C(CO)NC(=O)c2ccc(-c3csc(OCC4CC(F)(F)C4)n3)cc2)cc1. The van der Waals surface area contributed by atoms with Crippen molar-refractivity contribution in [2.24, 2.45) is 5.92 Å². The monoisotopic (exact) mass is 536 g/mol. The van der Waals surface area contributed by atoms with Gasteiger partial charge in [-0.05, 0) is 29.8 Å². The Morgan fingerprint density at radius 1 is 1.19 bits per heavy atom. The van der Waals surface area contributed by atoms with Crippen LogP contribution in [-0.2, 0) is 9.84 Å². The topological polar surface area (TPSA) is 106 Å². The molecule has 11 heteroatoms. The number of ether oxygens (including phenoxy) is 1. The summed E-state index contributed by atoms with van der Waals surface area (Å²) in [4.78, 5) is 17.3. The van der Waals surface area contributed by atoms with Gasteiger partial charge < -0.3 is 15.2 Å². The highest BCUT2D eigenvalue weighted by Crippen LogP contribution is 2.42. The number of thiazole rings is 1. The summed E-state index contributed by atoms with van der Waals surface area (Å²) in [7, 11) is -3.34. The number of carbonyl (C=O) groups is 1. The van der Waals surface area contributed by atoms with Gasteiger partial charge in [-0.15, -0.1) is 0 Å². The number of aromatic nitrogens is 1. The Morgan fingerprint density at radius 3 is 2.44 bits per heavy atom. The zero-order valence-electron chi connectivity index (χ0n) is 19.5. The van der Waals surface area contributed by atoms with E-state index in [9.17, 15) is 27.1 Å². The van der Waals surface area contributed by atoms with Crippen molar-refractivity contribution >= 4 is 27.1 Å². The Bertz CT molecular complexity index is 1300. The van der Waals surface area contributed by atoms with Gasteiger partial charge in [-0.3, -0.25) is 4.79 Å². The van der Waals surface area contributed by atoms with Gasteiger partial charge in [0.05, 0.1) is 35.6 Å². The van der Waals surface area contributed by atoms with E-state index in [-0.39, 0.29) is 42.6 Å². The van der Waals surface area contributed by atoms with Crippen LogP contribution >= 0.6 is 11.3 Å². The van der Waals surface area contributed by atoms with E-state index in [1.165, 1.54) is 23.5 Å². The number of alkyl halides is 2. The zero-order chi connectivity index (χ0) is 25.9. The van der Waals surface area contributed by atoms with Crippen LogP contribution in [0, 0.1) is 5.92 Å². The van der Waals surface area contributed by atoms with Gasteiger partial charge in [-0.2, -0.15) is 0 Å². The average molecular weight is 537 g/mol. The number of benzene rings is 2. The Morgan fingerprint density at radius 2 is 1.86 bits per heavy atom. The predicted molar refractivity (Wildman–Crippen MR) is 132 cm³/mol. The lowest BCUT2D eigenvalue weighted by Gasteiger charge is -2.34. The average Bonchev–Trinajstić information content (AvgIpc) is 3.34. The minimum Gasteiger partial charge on any atom is -0.470 e. The first-order valence-corrected chi connectivity index (χ1v) is 13.9. The van der Waals surface area contributed by atoms with E-state index >= 15 is 0 Å². The third kappa shape index (κ3) is 6.08. The maximum atomic E-state index is 12.9. The van der Waals surface area contributed by atoms with E-state index in [1.807, 2.05) is 0 Å². The fourth-order valence-electron chi connectivity index (χ4n) is 3.89. The number of nitrogens with one attached hydrogen (secondary N) is 1. The minimum atomic E-state index is -3.34. The van der Waals surface area contributed by atoms with Crippen LogP contribution in [0.5, 0.6) is 5.19 Å². The van der Waals surface area contributed by atoms with Crippen LogP contribution in [0.3, 0.4) is 0 Å². The molecule has 1 atom stereocenters. The van der Waals surface area contributed by atoms with Crippen molar-refractivity contribution in [3.05, 3.63) is 65.0 Å². The number of hydrogen-bond acceptors (Lipinski definition) is 7. The van der Waals surface area contributed by atoms with Crippen molar-refractivity contribution in [3.63, 3.8) is 0 Å². The van der Waals surface area contributed by atoms with Gasteiger partial charge in [0.2, 0.25) is 5.92 Å². The second-order valence-electron chi connectivity index (χ2n) is 8.70. The minimum absolute atomic E-state index is 0.0142. The molecule has 0 bridgehead atoms. The predicted octanol–water partition coefficient (Wildman–Crippen LogP) is 4.49. The van der Waals surface area contributed by atoms with Gasteiger partial charge in [-0.25, -0.2) is 22.2 Å². The van der Waals surface area contributed by atoms with Crippen LogP contribution in [-0.4, -0.2) is 49.3 Å². The highest BCUT2D eigenvalue weighted by molar-refractivity contribution is 7.91. The van der Waals surface area contributed by atoms with E-state index in [4.69, 9.17) is 4.74 Å². The van der Waals surface area contributed by atoms with Crippen LogP contribution in [0.2, 0.25) is 0 Å². The van der Waals surface area contributed by atoms with E-state index in [0.29, 0.717) is 22.0 Å². The molecule has 0 radical (unpaired) electrons. The largest absolute Gasteiger partial charge is 0.470 e. The second-order valence-corrected chi connectivity index (χ2v) is 11.8. The van der Waals surface area contributed by atoms with E-state index in [2.05, 4.69) is 10.3 Å².